The fourth-order valence-electron chi connectivity index (χ4n) is 8.85. The van der Waals surface area contributed by atoms with Gasteiger partial charge in [0, 0.05) is 39.3 Å². The summed E-state index contributed by atoms with van der Waals surface area (Å²) < 4.78 is 10.8. The van der Waals surface area contributed by atoms with Crippen molar-refractivity contribution in [3.8, 4) is 0 Å². The molecule has 4 saturated heterocycles. The molecule has 4 aliphatic heterocycles. The van der Waals surface area contributed by atoms with Crippen LogP contribution in [0.15, 0.2) is 30.3 Å². The van der Waals surface area contributed by atoms with Gasteiger partial charge in [-0.15, -0.1) is 0 Å². The number of carbonyl (C=O) groups is 6. The topological polar surface area (TPSA) is 212 Å². The molecule has 4 unspecified atom stereocenters. The predicted molar refractivity (Wildman–Crippen MR) is 231 cm³/mol. The number of ether oxygens (including phenoxy) is 2. The first-order chi connectivity index (χ1) is 29.7. The summed E-state index contributed by atoms with van der Waals surface area (Å²) >= 11 is 0. The predicted octanol–water partition coefficient (Wildman–Crippen LogP) is 5.34. The van der Waals surface area contributed by atoms with Gasteiger partial charge in [0.25, 0.3) is 11.8 Å². The molecule has 0 radical (unpaired) electrons. The monoisotopic (exact) mass is 903 g/mol. The Balaban J connectivity index is 0.000000243. The molecule has 8 atom stereocenters. The van der Waals surface area contributed by atoms with E-state index >= 15 is 0 Å². The first kappa shape index (κ1) is 50.1. The Labute approximate surface area is 376 Å². The van der Waals surface area contributed by atoms with Gasteiger partial charge >= 0.3 is 24.2 Å². The Morgan fingerprint density at radius 3 is 1.61 bits per heavy atom. The third-order valence-corrected chi connectivity index (χ3v) is 12.3. The Kier molecular flexibility index (Phi) is 16.4. The van der Waals surface area contributed by atoms with Crippen LogP contribution in [-0.4, -0.2) is 158 Å². The number of nitrogens with zero attached hydrogens (tertiary/aromatic N) is 6. The van der Waals surface area contributed by atoms with E-state index in [2.05, 4.69) is 11.0 Å². The van der Waals surface area contributed by atoms with E-state index in [9.17, 15) is 34.0 Å². The van der Waals surface area contributed by atoms with Crippen molar-refractivity contribution in [2.24, 2.45) is 0 Å². The van der Waals surface area contributed by atoms with Gasteiger partial charge in [0.1, 0.15) is 29.9 Å². The molecule has 0 aromatic heterocycles. The molecule has 8 amide bonds. The van der Waals surface area contributed by atoms with Crippen molar-refractivity contribution in [1.82, 2.24) is 40.7 Å². The van der Waals surface area contributed by atoms with Crippen LogP contribution < -0.4 is 11.0 Å². The summed E-state index contributed by atoms with van der Waals surface area (Å²) in [4.78, 5) is 97.9. The Morgan fingerprint density at radius 2 is 1.12 bits per heavy atom. The average molecular weight is 903 g/mol. The maximum absolute atomic E-state index is 12.9. The van der Waals surface area contributed by atoms with E-state index in [-0.39, 0.29) is 73.8 Å². The Bertz CT molecular complexity index is 1810. The average Bonchev–Trinajstić information content (AvgIpc) is 4.01. The highest BCUT2D eigenvalue weighted by Crippen LogP contribution is 2.33. The highest BCUT2D eigenvalue weighted by atomic mass is 16.7. The first-order valence-electron chi connectivity index (χ1n) is 22.1. The lowest BCUT2D eigenvalue weighted by Crippen LogP contribution is -2.50. The molecule has 20 nitrogen and oxygen atoms in total. The van der Waals surface area contributed by atoms with Gasteiger partial charge in [-0.1, -0.05) is 37.8 Å². The van der Waals surface area contributed by atoms with Crippen molar-refractivity contribution in [3.63, 3.8) is 0 Å². The number of urea groups is 2. The molecule has 2 aliphatic carbocycles. The number of rotatable bonds is 11. The van der Waals surface area contributed by atoms with Crippen molar-refractivity contribution >= 4 is 36.1 Å². The molecule has 358 valence electrons. The number of carbonyl (C=O) groups excluding carboxylic acids is 6. The second-order valence-electron chi connectivity index (χ2n) is 19.3. The minimum absolute atomic E-state index is 0. The van der Waals surface area contributed by atoms with Crippen molar-refractivity contribution in [1.29, 1.82) is 0 Å². The normalized spacial score (nSPS) is 27.3. The maximum atomic E-state index is 12.9. The molecular weight excluding hydrogens is 833 g/mol. The lowest BCUT2D eigenvalue weighted by Gasteiger charge is -2.29. The Morgan fingerprint density at radius 1 is 0.672 bits per heavy atom. The number of nitrogens with one attached hydrogen (secondary N) is 2. The molecule has 6 fully saturated rings. The van der Waals surface area contributed by atoms with Crippen LogP contribution in [0.4, 0.5) is 19.2 Å². The van der Waals surface area contributed by atoms with Crippen LogP contribution in [0.2, 0.25) is 0 Å². The lowest BCUT2D eigenvalue weighted by molar-refractivity contribution is -0.144. The minimum Gasteiger partial charge on any atom is -0.444 e. The fourth-order valence-corrected chi connectivity index (χ4v) is 8.85. The molecule has 2 saturated carbocycles. The number of hydrogen-bond donors (Lipinski definition) is 3. The fraction of sp³-hybridized carbons (Fsp3) is 0.727. The van der Waals surface area contributed by atoms with Crippen LogP contribution >= 0.6 is 0 Å². The smallest absolute Gasteiger partial charge is 0.410 e. The van der Waals surface area contributed by atoms with Crippen LogP contribution in [0, 0.1) is 0 Å². The van der Waals surface area contributed by atoms with E-state index in [1.165, 1.54) is 9.96 Å². The zero-order valence-corrected chi connectivity index (χ0v) is 37.8. The molecule has 3 N–H and O–H groups in total. The molecule has 6 aliphatic rings. The van der Waals surface area contributed by atoms with Gasteiger partial charge in [-0.3, -0.25) is 29.3 Å². The van der Waals surface area contributed by atoms with E-state index in [0.717, 1.165) is 18.4 Å². The van der Waals surface area contributed by atoms with Gasteiger partial charge in [0.05, 0.1) is 24.3 Å². The van der Waals surface area contributed by atoms with Gasteiger partial charge in [0.15, 0.2) is 0 Å². The minimum atomic E-state index is -0.637. The highest BCUT2D eigenvalue weighted by molar-refractivity contribution is 5.88. The third kappa shape index (κ3) is 12.4. The second kappa shape index (κ2) is 20.9. The summed E-state index contributed by atoms with van der Waals surface area (Å²) in [5.74, 6) is -0.711. The van der Waals surface area contributed by atoms with Crippen LogP contribution in [0.25, 0.3) is 0 Å². The molecule has 64 heavy (non-hydrogen) atoms. The van der Waals surface area contributed by atoms with E-state index in [0.29, 0.717) is 76.1 Å². The third-order valence-electron chi connectivity index (χ3n) is 12.3. The molecule has 4 bridgehead atoms. The number of amides is 8. The number of hydrogen-bond acceptors (Lipinski definition) is 12. The summed E-state index contributed by atoms with van der Waals surface area (Å²) in [6.45, 7) is 12.1. The molecule has 1 aromatic rings. The number of benzene rings is 1. The van der Waals surface area contributed by atoms with Gasteiger partial charge in [-0.25, -0.2) is 35.2 Å². The van der Waals surface area contributed by atoms with E-state index < -0.39 is 29.3 Å². The van der Waals surface area contributed by atoms with Crippen molar-refractivity contribution in [2.45, 2.75) is 179 Å². The van der Waals surface area contributed by atoms with Crippen LogP contribution in [0.5, 0.6) is 0 Å². The summed E-state index contributed by atoms with van der Waals surface area (Å²) in [6.07, 6.45) is 5.27. The van der Waals surface area contributed by atoms with Gasteiger partial charge in [-0.05, 0) is 111 Å². The van der Waals surface area contributed by atoms with Gasteiger partial charge < -0.3 is 29.1 Å². The first-order valence-corrected chi connectivity index (χ1v) is 22.1. The second-order valence-corrected chi connectivity index (χ2v) is 19.3. The number of hydroxylamine groups is 6. The zero-order chi connectivity index (χ0) is 45.8. The summed E-state index contributed by atoms with van der Waals surface area (Å²) in [5, 5.41) is 11.8. The molecule has 20 heteroatoms. The van der Waals surface area contributed by atoms with E-state index in [4.69, 9.17) is 24.0 Å². The van der Waals surface area contributed by atoms with Crippen molar-refractivity contribution in [3.05, 3.63) is 35.9 Å². The SMILES string of the molecule is C.CN(C(=O)OC(C)(C)C)C1CCC(ONC(=O)[C@@H]2CC[C@@H]3CN2C(=O)N3O)C1.CN(C(=O)OC(C)(C)C)C1CCC(ONC(=O)[C@@H]2CC[C@@H]3CN2C(=O)N3OCc2ccccc2)C1. The van der Waals surface area contributed by atoms with Gasteiger partial charge in [0.2, 0.25) is 0 Å². The van der Waals surface area contributed by atoms with Crippen LogP contribution in [-0.2, 0) is 40.2 Å². The number of piperidine rings is 2. The largest absolute Gasteiger partial charge is 0.444 e. The Hall–Kier alpha value is -4.92. The standard InChI is InChI=1S/C25H36N4O6.C18H30N4O6.CH4/c1-25(2,3)34-24(32)27(4)18-10-12-20(14-18)35-26-22(30)21-13-11-19-15-28(21)23(31)29(19)33-16-17-8-6-5-7-9-17;1-18(2,3)27-17(25)20(4)11-5-7-13(9-11)28-19-15(23)14-8-6-12-10-21(14)16(24)22(12)26;/h5-9,18-21H,10-16H2,1-4H3,(H,26,30);11-14,26H,5-10H2,1-4H3,(H,19,23);1H4/t18?,19-,20?,21+;11?,12-,13?,14+;/m11./s1. The van der Waals surface area contributed by atoms with Crippen molar-refractivity contribution < 1.29 is 58.0 Å². The van der Waals surface area contributed by atoms with Gasteiger partial charge in [-0.2, -0.15) is 5.06 Å². The number of fused-ring (bicyclic) bond motifs is 4. The zero-order valence-electron chi connectivity index (χ0n) is 37.8. The van der Waals surface area contributed by atoms with Crippen LogP contribution in [0.3, 0.4) is 0 Å². The summed E-state index contributed by atoms with van der Waals surface area (Å²) in [6, 6.07) is 7.28. The molecule has 7 rings (SSSR count). The van der Waals surface area contributed by atoms with Crippen LogP contribution in [0.1, 0.15) is 119 Å². The lowest BCUT2D eigenvalue weighted by atomic mass is 10.0. The maximum Gasteiger partial charge on any atom is 0.410 e. The molecule has 1 aromatic carbocycles. The molecule has 4 heterocycles. The molecule has 0 spiro atoms. The summed E-state index contributed by atoms with van der Waals surface area (Å²) in [5.41, 5.74) is 4.92. The summed E-state index contributed by atoms with van der Waals surface area (Å²) in [7, 11) is 3.43. The van der Waals surface area contributed by atoms with E-state index in [1.54, 1.807) is 28.8 Å². The van der Waals surface area contributed by atoms with Crippen molar-refractivity contribution in [2.75, 3.05) is 27.2 Å². The molecular formula is C44H70N8O12. The van der Waals surface area contributed by atoms with E-state index in [1.807, 2.05) is 71.9 Å². The quantitative estimate of drug-likeness (QED) is 0.190. The highest BCUT2D eigenvalue weighted by Gasteiger charge is 2.49.